The van der Waals surface area contributed by atoms with E-state index in [9.17, 15) is 18.0 Å². The summed E-state index contributed by atoms with van der Waals surface area (Å²) in [5, 5.41) is 0. The summed E-state index contributed by atoms with van der Waals surface area (Å²) in [5.41, 5.74) is 5.42. The molecule has 20 heavy (non-hydrogen) atoms. The van der Waals surface area contributed by atoms with Crippen molar-refractivity contribution in [2.24, 2.45) is 5.73 Å². The predicted molar refractivity (Wildman–Crippen MR) is 71.7 cm³/mol. The Morgan fingerprint density at radius 3 is 2.50 bits per heavy atom. The summed E-state index contributed by atoms with van der Waals surface area (Å²) < 4.78 is 42.8. The van der Waals surface area contributed by atoms with E-state index in [0.29, 0.717) is 19.3 Å². The average molecular weight is 319 g/mol. The molecule has 0 aromatic carbocycles. The molecule has 0 aliphatic carbocycles. The summed E-state index contributed by atoms with van der Waals surface area (Å²) in [6, 6.07) is 0. The molecule has 0 saturated carbocycles. The first kappa shape index (κ1) is 19.5. The van der Waals surface area contributed by atoms with Crippen molar-refractivity contribution in [3.05, 3.63) is 0 Å². The Balaban J connectivity index is 0.00000361. The Kier molecular flexibility index (Phi) is 8.46. The van der Waals surface area contributed by atoms with Crippen LogP contribution in [0.1, 0.15) is 32.6 Å². The van der Waals surface area contributed by atoms with Crippen molar-refractivity contribution in [2.45, 2.75) is 51.0 Å². The predicted octanol–water partition coefficient (Wildman–Crippen LogP) is 2.11. The van der Waals surface area contributed by atoms with Crippen LogP contribution >= 0.6 is 12.4 Å². The number of nitrogens with zero attached hydrogens (tertiary/aromatic N) is 1. The van der Waals surface area contributed by atoms with E-state index in [1.807, 2.05) is 6.92 Å². The van der Waals surface area contributed by atoms with Gasteiger partial charge in [0.1, 0.15) is 12.6 Å². The van der Waals surface area contributed by atoms with Gasteiger partial charge in [0.05, 0.1) is 6.10 Å². The number of carbonyl (C=O) groups is 1. The lowest BCUT2D eigenvalue weighted by Gasteiger charge is -2.26. The fourth-order valence-electron chi connectivity index (χ4n) is 2.10. The molecule has 2 atom stereocenters. The van der Waals surface area contributed by atoms with Gasteiger partial charge in [-0.05, 0) is 19.3 Å². The quantitative estimate of drug-likeness (QED) is 0.816. The average Bonchev–Trinajstić information content (AvgIpc) is 2.80. The number of carbonyl (C=O) groups excluding carboxylic acids is 1. The fraction of sp³-hybridized carbons (Fsp3) is 0.917. The van der Waals surface area contributed by atoms with Crippen LogP contribution in [-0.2, 0) is 9.53 Å². The van der Waals surface area contributed by atoms with Gasteiger partial charge in [-0.15, -0.1) is 12.4 Å². The monoisotopic (exact) mass is 318 g/mol. The van der Waals surface area contributed by atoms with Gasteiger partial charge >= 0.3 is 6.18 Å². The normalized spacial score (nSPS) is 22.4. The highest BCUT2D eigenvalue weighted by Crippen LogP contribution is 2.23. The number of hydrogen-bond acceptors (Lipinski definition) is 3. The van der Waals surface area contributed by atoms with Gasteiger partial charge in [-0.25, -0.2) is 0 Å². The molecule has 8 heteroatoms. The summed E-state index contributed by atoms with van der Waals surface area (Å²) in [5.74, 6) is -0.568. The van der Waals surface area contributed by atoms with Crippen LogP contribution in [-0.4, -0.2) is 48.8 Å². The molecule has 120 valence electrons. The van der Waals surface area contributed by atoms with E-state index in [-0.39, 0.29) is 31.6 Å². The van der Waals surface area contributed by atoms with E-state index in [4.69, 9.17) is 10.5 Å². The Bertz CT molecular complexity index is 303. The van der Waals surface area contributed by atoms with Crippen LogP contribution < -0.4 is 5.73 Å². The first-order valence-electron chi connectivity index (χ1n) is 6.58. The van der Waals surface area contributed by atoms with E-state index in [1.54, 1.807) is 0 Å². The second-order valence-corrected chi connectivity index (χ2v) is 4.79. The highest BCUT2D eigenvalue weighted by Gasteiger charge is 2.38. The standard InChI is InChI=1S/C12H21F3N2O2.ClH/c1-2-3-6-17(8-12(13,14)15)11(18)10-5-4-9(7-16)19-10;/h9-10H,2-8,16H2,1H3;1H/t9-,10+;/m1./s1. The zero-order chi connectivity index (χ0) is 14.5. The van der Waals surface area contributed by atoms with Crippen molar-refractivity contribution in [1.29, 1.82) is 0 Å². The molecule has 1 heterocycles. The minimum absolute atomic E-state index is 0. The van der Waals surface area contributed by atoms with Crippen molar-refractivity contribution in [2.75, 3.05) is 19.6 Å². The Morgan fingerprint density at radius 1 is 1.40 bits per heavy atom. The summed E-state index contributed by atoms with van der Waals surface area (Å²) in [6.45, 7) is 1.06. The molecule has 1 fully saturated rings. The number of ether oxygens (including phenoxy) is 1. The van der Waals surface area contributed by atoms with Gasteiger partial charge in [-0.2, -0.15) is 13.2 Å². The molecule has 2 N–H and O–H groups in total. The molecule has 1 rings (SSSR count). The number of unbranched alkanes of at least 4 members (excludes halogenated alkanes) is 1. The number of nitrogens with two attached hydrogens (primary N) is 1. The number of hydrogen-bond donors (Lipinski definition) is 1. The number of rotatable bonds is 6. The van der Waals surface area contributed by atoms with Crippen molar-refractivity contribution >= 4 is 18.3 Å². The first-order valence-corrected chi connectivity index (χ1v) is 6.58. The van der Waals surface area contributed by atoms with Gasteiger partial charge in [-0.1, -0.05) is 13.3 Å². The zero-order valence-electron chi connectivity index (χ0n) is 11.5. The first-order chi connectivity index (χ1) is 8.87. The molecular formula is C12H22ClF3N2O2. The molecule has 1 saturated heterocycles. The van der Waals surface area contributed by atoms with Crippen LogP contribution in [0.2, 0.25) is 0 Å². The Hall–Kier alpha value is -0.530. The SMILES string of the molecule is CCCCN(CC(F)(F)F)C(=O)[C@@H]1CC[C@H](CN)O1.Cl. The maximum absolute atomic E-state index is 12.5. The third kappa shape index (κ3) is 6.28. The number of amides is 1. The van der Waals surface area contributed by atoms with Crippen molar-refractivity contribution < 1.29 is 22.7 Å². The van der Waals surface area contributed by atoms with Crippen molar-refractivity contribution in [3.8, 4) is 0 Å². The van der Waals surface area contributed by atoms with Gasteiger partial charge in [0, 0.05) is 13.1 Å². The highest BCUT2D eigenvalue weighted by atomic mass is 35.5. The smallest absolute Gasteiger partial charge is 0.364 e. The molecule has 0 bridgehead atoms. The molecule has 0 radical (unpaired) electrons. The lowest BCUT2D eigenvalue weighted by molar-refractivity contribution is -0.167. The maximum Gasteiger partial charge on any atom is 0.406 e. The number of alkyl halides is 3. The topological polar surface area (TPSA) is 55.6 Å². The zero-order valence-corrected chi connectivity index (χ0v) is 12.3. The van der Waals surface area contributed by atoms with E-state index < -0.39 is 24.7 Å². The minimum Gasteiger partial charge on any atom is -0.364 e. The van der Waals surface area contributed by atoms with Crippen LogP contribution in [0.4, 0.5) is 13.2 Å². The summed E-state index contributed by atoms with van der Waals surface area (Å²) >= 11 is 0. The molecular weight excluding hydrogens is 297 g/mol. The van der Waals surface area contributed by atoms with Crippen molar-refractivity contribution in [3.63, 3.8) is 0 Å². The lowest BCUT2D eigenvalue weighted by Crippen LogP contribution is -2.45. The number of halogens is 4. The van der Waals surface area contributed by atoms with E-state index in [2.05, 4.69) is 0 Å². The summed E-state index contributed by atoms with van der Waals surface area (Å²) in [7, 11) is 0. The van der Waals surface area contributed by atoms with Crippen LogP contribution in [0.5, 0.6) is 0 Å². The molecule has 0 unspecified atom stereocenters. The molecule has 1 aliphatic rings. The Labute approximate surface area is 123 Å². The van der Waals surface area contributed by atoms with Crippen molar-refractivity contribution in [1.82, 2.24) is 4.90 Å². The second kappa shape index (κ2) is 8.69. The van der Waals surface area contributed by atoms with Gasteiger partial charge in [0.25, 0.3) is 5.91 Å². The third-order valence-corrected chi connectivity index (χ3v) is 3.11. The second-order valence-electron chi connectivity index (χ2n) is 4.79. The van der Waals surface area contributed by atoms with Crippen LogP contribution in [0.3, 0.4) is 0 Å². The molecule has 1 amide bonds. The molecule has 0 aromatic rings. The molecule has 0 aromatic heterocycles. The van der Waals surface area contributed by atoms with E-state index in [0.717, 1.165) is 11.3 Å². The fourth-order valence-corrected chi connectivity index (χ4v) is 2.10. The van der Waals surface area contributed by atoms with E-state index >= 15 is 0 Å². The largest absolute Gasteiger partial charge is 0.406 e. The van der Waals surface area contributed by atoms with Gasteiger partial charge < -0.3 is 15.4 Å². The van der Waals surface area contributed by atoms with Crippen LogP contribution in [0.25, 0.3) is 0 Å². The summed E-state index contributed by atoms with van der Waals surface area (Å²) in [6.07, 6.45) is -3.01. The summed E-state index contributed by atoms with van der Waals surface area (Å²) in [4.78, 5) is 12.9. The highest BCUT2D eigenvalue weighted by molar-refractivity contribution is 5.85. The van der Waals surface area contributed by atoms with Crippen LogP contribution in [0, 0.1) is 0 Å². The minimum atomic E-state index is -4.38. The van der Waals surface area contributed by atoms with Gasteiger partial charge in [0.15, 0.2) is 0 Å². The lowest BCUT2D eigenvalue weighted by atomic mass is 10.1. The molecule has 1 aliphatic heterocycles. The van der Waals surface area contributed by atoms with Gasteiger partial charge in [-0.3, -0.25) is 4.79 Å². The van der Waals surface area contributed by atoms with Crippen LogP contribution in [0.15, 0.2) is 0 Å². The Morgan fingerprint density at radius 2 is 2.05 bits per heavy atom. The van der Waals surface area contributed by atoms with E-state index in [1.165, 1.54) is 0 Å². The van der Waals surface area contributed by atoms with Gasteiger partial charge in [0.2, 0.25) is 0 Å². The molecule has 4 nitrogen and oxygen atoms in total. The maximum atomic E-state index is 12.5. The molecule has 0 spiro atoms. The third-order valence-electron chi connectivity index (χ3n) is 3.11.